The molecule has 118 valence electrons. The molecule has 0 amide bonds. The number of nitrogens with zero attached hydrogens (tertiary/aromatic N) is 2. The number of aliphatic hydroxyl groups is 1. The lowest BCUT2D eigenvalue weighted by molar-refractivity contribution is 0.0743. The predicted molar refractivity (Wildman–Crippen MR) is 96.7 cm³/mol. The van der Waals surface area contributed by atoms with Gasteiger partial charge < -0.3 is 5.11 Å². The van der Waals surface area contributed by atoms with Crippen molar-refractivity contribution in [3.05, 3.63) is 70.5 Å². The molecule has 0 bridgehead atoms. The van der Waals surface area contributed by atoms with Gasteiger partial charge in [0.05, 0.1) is 5.69 Å². The number of aryl methyl sites for hydroxylation is 1. The third-order valence-corrected chi connectivity index (χ3v) is 4.35. The van der Waals surface area contributed by atoms with E-state index in [9.17, 15) is 5.11 Å². The zero-order chi connectivity index (χ0) is 16.6. The molecule has 2 aromatic carbocycles. The second-order valence-corrected chi connectivity index (χ2v) is 7.09. The number of rotatable bonds is 3. The Morgan fingerprint density at radius 1 is 1.04 bits per heavy atom. The maximum Gasteiger partial charge on any atom is 0.145 e. The number of aromatic nitrogens is 2. The smallest absolute Gasteiger partial charge is 0.145 e. The second-order valence-electron chi connectivity index (χ2n) is 6.17. The zero-order valence-corrected chi connectivity index (χ0v) is 15.0. The van der Waals surface area contributed by atoms with Gasteiger partial charge in [0.25, 0.3) is 0 Å². The molecule has 1 N–H and O–H groups in total. The first-order valence-corrected chi connectivity index (χ1v) is 8.30. The molecule has 0 unspecified atom stereocenters. The molecule has 0 radical (unpaired) electrons. The van der Waals surface area contributed by atoms with E-state index in [0.717, 1.165) is 27.1 Å². The van der Waals surface area contributed by atoms with E-state index in [2.05, 4.69) is 35.0 Å². The Kier molecular flexibility index (Phi) is 4.13. The van der Waals surface area contributed by atoms with Crippen LogP contribution in [0.25, 0.3) is 17.1 Å². The molecule has 23 heavy (non-hydrogen) atoms. The van der Waals surface area contributed by atoms with E-state index in [1.54, 1.807) is 13.8 Å². The summed E-state index contributed by atoms with van der Waals surface area (Å²) in [6.07, 6.45) is 1.91. The van der Waals surface area contributed by atoms with Crippen LogP contribution >= 0.6 is 15.9 Å². The quantitative estimate of drug-likeness (QED) is 0.716. The van der Waals surface area contributed by atoms with Gasteiger partial charge in [-0.1, -0.05) is 40.2 Å². The maximum atomic E-state index is 10.4. The highest BCUT2D eigenvalue weighted by atomic mass is 79.9. The van der Waals surface area contributed by atoms with Gasteiger partial charge in [-0.25, -0.2) is 4.98 Å². The van der Waals surface area contributed by atoms with Crippen molar-refractivity contribution in [2.24, 2.45) is 0 Å². The first kappa shape index (κ1) is 16.0. The van der Waals surface area contributed by atoms with E-state index in [-0.39, 0.29) is 0 Å². The lowest BCUT2D eigenvalue weighted by atomic mass is 10.1. The Balaban J connectivity index is 2.23. The molecule has 3 aromatic rings. The van der Waals surface area contributed by atoms with Gasteiger partial charge in [0, 0.05) is 21.9 Å². The summed E-state index contributed by atoms with van der Waals surface area (Å²) in [5, 5.41) is 10.4. The van der Waals surface area contributed by atoms with Crippen molar-refractivity contribution >= 4 is 15.9 Å². The Bertz CT molecular complexity index is 829. The average Bonchev–Trinajstić information content (AvgIpc) is 2.93. The number of hydrogen-bond donors (Lipinski definition) is 1. The van der Waals surface area contributed by atoms with Gasteiger partial charge >= 0.3 is 0 Å². The Hall–Kier alpha value is -1.91. The van der Waals surface area contributed by atoms with E-state index in [1.807, 2.05) is 47.2 Å². The van der Waals surface area contributed by atoms with Crippen LogP contribution in [0.5, 0.6) is 0 Å². The van der Waals surface area contributed by atoms with Gasteiger partial charge in [-0.2, -0.15) is 0 Å². The minimum Gasteiger partial charge on any atom is -0.384 e. The van der Waals surface area contributed by atoms with Crippen LogP contribution in [-0.4, -0.2) is 14.7 Å². The average molecular weight is 371 g/mol. The van der Waals surface area contributed by atoms with Crippen LogP contribution in [0.15, 0.2) is 59.2 Å². The Labute approximate surface area is 144 Å². The van der Waals surface area contributed by atoms with Gasteiger partial charge in [0.1, 0.15) is 11.4 Å². The van der Waals surface area contributed by atoms with Gasteiger partial charge in [-0.15, -0.1) is 0 Å². The molecule has 0 aliphatic carbocycles. The first-order valence-electron chi connectivity index (χ1n) is 7.50. The fourth-order valence-electron chi connectivity index (χ4n) is 2.49. The summed E-state index contributed by atoms with van der Waals surface area (Å²) in [7, 11) is 0. The largest absolute Gasteiger partial charge is 0.384 e. The van der Waals surface area contributed by atoms with Crippen molar-refractivity contribution in [3.8, 4) is 17.1 Å². The van der Waals surface area contributed by atoms with E-state index in [1.165, 1.54) is 0 Å². The van der Waals surface area contributed by atoms with Crippen LogP contribution in [0.3, 0.4) is 0 Å². The van der Waals surface area contributed by atoms with Crippen LogP contribution < -0.4 is 0 Å². The second kappa shape index (κ2) is 5.95. The van der Waals surface area contributed by atoms with E-state index >= 15 is 0 Å². The summed E-state index contributed by atoms with van der Waals surface area (Å²) in [6.45, 7) is 5.57. The summed E-state index contributed by atoms with van der Waals surface area (Å²) < 4.78 is 3.06. The minimum absolute atomic E-state index is 0.652. The van der Waals surface area contributed by atoms with Crippen LogP contribution in [0.1, 0.15) is 25.1 Å². The number of imidazole rings is 1. The van der Waals surface area contributed by atoms with Gasteiger partial charge in [-0.05, 0) is 50.6 Å². The van der Waals surface area contributed by atoms with Crippen molar-refractivity contribution in [3.63, 3.8) is 0 Å². The molecule has 0 spiro atoms. The summed E-state index contributed by atoms with van der Waals surface area (Å²) >= 11 is 3.47. The van der Waals surface area contributed by atoms with Crippen LogP contribution in [0.4, 0.5) is 0 Å². The van der Waals surface area contributed by atoms with Crippen LogP contribution in [0, 0.1) is 6.92 Å². The number of benzene rings is 2. The molecular formula is C19H19BrN2O. The lowest BCUT2D eigenvalue weighted by Gasteiger charge is -2.12. The maximum absolute atomic E-state index is 10.4. The highest BCUT2D eigenvalue weighted by Crippen LogP contribution is 2.29. The van der Waals surface area contributed by atoms with E-state index < -0.39 is 5.60 Å². The summed E-state index contributed by atoms with van der Waals surface area (Å²) in [5.74, 6) is 0.836. The van der Waals surface area contributed by atoms with Crippen molar-refractivity contribution in [2.75, 3.05) is 0 Å². The SMILES string of the molecule is Cc1ccccc1-c1nc(C(C)(C)O)cn1-c1ccc(Br)cc1. The predicted octanol–water partition coefficient (Wildman–Crippen LogP) is 4.84. The molecule has 0 saturated carbocycles. The van der Waals surface area contributed by atoms with Gasteiger partial charge in [0.15, 0.2) is 0 Å². The Morgan fingerprint density at radius 2 is 1.70 bits per heavy atom. The zero-order valence-electron chi connectivity index (χ0n) is 13.4. The van der Waals surface area contributed by atoms with Crippen molar-refractivity contribution in [1.82, 2.24) is 9.55 Å². The fourth-order valence-corrected chi connectivity index (χ4v) is 2.75. The van der Waals surface area contributed by atoms with Gasteiger partial charge in [-0.3, -0.25) is 4.57 Å². The van der Waals surface area contributed by atoms with E-state index in [4.69, 9.17) is 4.98 Å². The molecule has 4 heteroatoms. The summed E-state index contributed by atoms with van der Waals surface area (Å²) in [6, 6.07) is 16.2. The summed E-state index contributed by atoms with van der Waals surface area (Å²) in [5.41, 5.74) is 2.88. The monoisotopic (exact) mass is 370 g/mol. The molecule has 0 atom stereocenters. The van der Waals surface area contributed by atoms with Crippen LogP contribution in [-0.2, 0) is 5.60 Å². The highest BCUT2D eigenvalue weighted by molar-refractivity contribution is 9.10. The van der Waals surface area contributed by atoms with Gasteiger partial charge in [0.2, 0.25) is 0 Å². The lowest BCUT2D eigenvalue weighted by Crippen LogP contribution is -2.15. The molecule has 3 nitrogen and oxygen atoms in total. The summed E-state index contributed by atoms with van der Waals surface area (Å²) in [4.78, 5) is 4.71. The standard InChI is InChI=1S/C19H19BrN2O/c1-13-6-4-5-7-16(13)18-21-17(19(2,3)23)12-22(18)15-10-8-14(20)9-11-15/h4-12,23H,1-3H3. The van der Waals surface area contributed by atoms with Crippen molar-refractivity contribution < 1.29 is 5.11 Å². The number of hydrogen-bond acceptors (Lipinski definition) is 2. The highest BCUT2D eigenvalue weighted by Gasteiger charge is 2.23. The molecule has 1 aromatic heterocycles. The molecule has 0 saturated heterocycles. The number of halogens is 1. The molecule has 0 aliphatic rings. The van der Waals surface area contributed by atoms with E-state index in [0.29, 0.717) is 5.69 Å². The third-order valence-electron chi connectivity index (χ3n) is 3.82. The van der Waals surface area contributed by atoms with Crippen LogP contribution in [0.2, 0.25) is 0 Å². The molecule has 0 fully saturated rings. The Morgan fingerprint density at radius 3 is 2.30 bits per heavy atom. The van der Waals surface area contributed by atoms with Crippen molar-refractivity contribution in [2.45, 2.75) is 26.4 Å². The minimum atomic E-state index is -0.988. The first-order chi connectivity index (χ1) is 10.9. The molecular weight excluding hydrogens is 352 g/mol. The fraction of sp³-hybridized carbons (Fsp3) is 0.211. The third kappa shape index (κ3) is 3.23. The van der Waals surface area contributed by atoms with Crippen molar-refractivity contribution in [1.29, 1.82) is 0 Å². The molecule has 0 aliphatic heterocycles. The normalized spacial score (nSPS) is 11.7. The molecule has 1 heterocycles. The molecule has 3 rings (SSSR count). The topological polar surface area (TPSA) is 38.1 Å².